The van der Waals surface area contributed by atoms with Gasteiger partial charge in [-0.25, -0.2) is 4.79 Å². The highest BCUT2D eigenvalue weighted by atomic mass is 16.5. The van der Waals surface area contributed by atoms with E-state index >= 15 is 0 Å². The fourth-order valence-corrected chi connectivity index (χ4v) is 5.08. The number of aliphatic carboxylic acids is 1. The molecule has 2 aliphatic rings. The highest BCUT2D eigenvalue weighted by Gasteiger charge is 2.41. The van der Waals surface area contributed by atoms with Gasteiger partial charge in [0.1, 0.15) is 11.1 Å². The lowest BCUT2D eigenvalue weighted by atomic mass is 9.86. The highest BCUT2D eigenvalue weighted by molar-refractivity contribution is 6.01. The molecule has 1 aromatic carbocycles. The van der Waals surface area contributed by atoms with Gasteiger partial charge >= 0.3 is 5.97 Å². The highest BCUT2D eigenvalue weighted by Crippen LogP contribution is 2.38. The van der Waals surface area contributed by atoms with Gasteiger partial charge in [-0.3, -0.25) is 9.59 Å². The molecule has 0 unspecified atom stereocenters. The lowest BCUT2D eigenvalue weighted by molar-refractivity contribution is -0.145. The van der Waals surface area contributed by atoms with E-state index in [0.717, 1.165) is 38.5 Å². The fourth-order valence-electron chi connectivity index (χ4n) is 5.08. The summed E-state index contributed by atoms with van der Waals surface area (Å²) in [6.45, 7) is 5.16. The number of hydrogen-bond donors (Lipinski definition) is 2. The summed E-state index contributed by atoms with van der Waals surface area (Å²) in [5, 5.41) is 13.4. The van der Waals surface area contributed by atoms with Crippen LogP contribution in [-0.4, -0.2) is 40.8 Å². The minimum Gasteiger partial charge on any atom is -0.493 e. The van der Waals surface area contributed by atoms with Gasteiger partial charge in [0.05, 0.1) is 19.2 Å². The van der Waals surface area contributed by atoms with Crippen LogP contribution in [0.25, 0.3) is 10.9 Å². The van der Waals surface area contributed by atoms with Crippen LogP contribution in [-0.2, 0) is 11.3 Å². The number of nitrogens with one attached hydrogen (secondary N) is 1. The molecule has 0 bridgehead atoms. The van der Waals surface area contributed by atoms with E-state index in [1.807, 2.05) is 0 Å². The second-order valence-corrected chi connectivity index (χ2v) is 10.3. The zero-order chi connectivity index (χ0) is 24.5. The molecule has 8 heteroatoms. The molecule has 184 valence electrons. The Labute approximate surface area is 199 Å². The molecule has 2 aromatic rings. The number of rotatable bonds is 4. The second-order valence-electron chi connectivity index (χ2n) is 10.3. The molecule has 1 fully saturated rings. The molecule has 2 heterocycles. The minimum absolute atomic E-state index is 0.0504. The van der Waals surface area contributed by atoms with E-state index in [2.05, 4.69) is 19.2 Å². The zero-order valence-corrected chi connectivity index (χ0v) is 20.2. The van der Waals surface area contributed by atoms with Gasteiger partial charge in [-0.15, -0.1) is 0 Å². The summed E-state index contributed by atoms with van der Waals surface area (Å²) >= 11 is 0. The van der Waals surface area contributed by atoms with Gasteiger partial charge in [0.2, 0.25) is 0 Å². The van der Waals surface area contributed by atoms with E-state index in [-0.39, 0.29) is 11.0 Å². The lowest BCUT2D eigenvalue weighted by Crippen LogP contribution is -2.55. The Morgan fingerprint density at radius 1 is 1.09 bits per heavy atom. The number of nitrogens with zero attached hydrogens (tertiary/aromatic N) is 1. The molecule has 0 spiro atoms. The van der Waals surface area contributed by atoms with Crippen LogP contribution in [0.3, 0.4) is 0 Å². The molecule has 1 aliphatic carbocycles. The third-order valence-corrected chi connectivity index (χ3v) is 7.39. The monoisotopic (exact) mass is 470 g/mol. The number of carboxylic acid groups (broad SMARTS) is 1. The summed E-state index contributed by atoms with van der Waals surface area (Å²) in [6.07, 6.45) is 5.59. The van der Waals surface area contributed by atoms with Crippen molar-refractivity contribution in [1.82, 2.24) is 9.88 Å². The number of methoxy groups -OCH3 is 1. The van der Waals surface area contributed by atoms with Crippen LogP contribution < -0.4 is 20.3 Å². The largest absolute Gasteiger partial charge is 0.493 e. The average Bonchev–Trinajstić information content (AvgIpc) is 3.00. The number of hydrogen-bond acceptors (Lipinski definition) is 5. The molecule has 2 N–H and O–H groups in total. The van der Waals surface area contributed by atoms with Gasteiger partial charge in [0.15, 0.2) is 11.5 Å². The van der Waals surface area contributed by atoms with Crippen molar-refractivity contribution in [2.75, 3.05) is 13.7 Å². The molecule has 1 aromatic heterocycles. The molecule has 1 saturated carbocycles. The Kier molecular flexibility index (Phi) is 6.60. The van der Waals surface area contributed by atoms with Gasteiger partial charge in [-0.1, -0.05) is 39.5 Å². The predicted octanol–water partition coefficient (Wildman–Crippen LogP) is 4.12. The summed E-state index contributed by atoms with van der Waals surface area (Å²) in [5.74, 6) is -0.664. The van der Waals surface area contributed by atoms with Crippen LogP contribution in [0.4, 0.5) is 0 Å². The van der Waals surface area contributed by atoms with E-state index in [1.165, 1.54) is 0 Å². The first-order valence-corrected chi connectivity index (χ1v) is 12.1. The molecule has 0 atom stereocenters. The van der Waals surface area contributed by atoms with Crippen LogP contribution in [0.5, 0.6) is 11.5 Å². The maximum atomic E-state index is 13.7. The predicted molar refractivity (Wildman–Crippen MR) is 129 cm³/mol. The lowest BCUT2D eigenvalue weighted by Gasteiger charge is -2.29. The van der Waals surface area contributed by atoms with Crippen molar-refractivity contribution >= 4 is 22.8 Å². The van der Waals surface area contributed by atoms with Crippen LogP contribution in [0.2, 0.25) is 0 Å². The summed E-state index contributed by atoms with van der Waals surface area (Å²) < 4.78 is 13.2. The number of amides is 1. The maximum absolute atomic E-state index is 13.7. The number of ether oxygens (including phenoxy) is 2. The Hall–Kier alpha value is -3.03. The van der Waals surface area contributed by atoms with Gasteiger partial charge in [-0.2, -0.15) is 0 Å². The van der Waals surface area contributed by atoms with E-state index in [9.17, 15) is 19.5 Å². The van der Waals surface area contributed by atoms with Crippen molar-refractivity contribution in [2.24, 2.45) is 5.41 Å². The van der Waals surface area contributed by atoms with Gasteiger partial charge < -0.3 is 24.5 Å². The number of carboxylic acids is 1. The third kappa shape index (κ3) is 4.50. The van der Waals surface area contributed by atoms with Crippen LogP contribution >= 0.6 is 0 Å². The molecular weight excluding hydrogens is 436 g/mol. The molecule has 1 aliphatic heterocycles. The Balaban J connectivity index is 1.84. The average molecular weight is 471 g/mol. The van der Waals surface area contributed by atoms with Gasteiger partial charge in [-0.05, 0) is 49.3 Å². The van der Waals surface area contributed by atoms with E-state index in [0.29, 0.717) is 48.4 Å². The van der Waals surface area contributed by atoms with Crippen molar-refractivity contribution < 1.29 is 24.2 Å². The molecule has 0 radical (unpaired) electrons. The van der Waals surface area contributed by atoms with Crippen LogP contribution in [0.15, 0.2) is 23.0 Å². The van der Waals surface area contributed by atoms with Crippen LogP contribution in [0, 0.1) is 5.41 Å². The minimum atomic E-state index is -1.35. The SMILES string of the molecule is COc1ccc2cc(C(=O)NC3(C(=O)O)CCCCCC3)c(=O)n3c2c1OCCC(C)(C)CC3. The Morgan fingerprint density at radius 3 is 2.44 bits per heavy atom. The van der Waals surface area contributed by atoms with Crippen LogP contribution in [0.1, 0.15) is 75.6 Å². The van der Waals surface area contributed by atoms with E-state index in [1.54, 1.807) is 29.9 Å². The fraction of sp³-hybridized carbons (Fsp3) is 0.577. The van der Waals surface area contributed by atoms with Gasteiger partial charge in [0, 0.05) is 11.9 Å². The van der Waals surface area contributed by atoms with Crippen molar-refractivity contribution in [1.29, 1.82) is 0 Å². The number of aromatic nitrogens is 1. The molecule has 4 rings (SSSR count). The standard InChI is InChI=1S/C26H34N2O6/c1-25(2)12-14-28-20-17(8-9-19(33-3)21(20)34-15-13-25)16-18(23(28)30)22(29)27-26(24(31)32)10-6-4-5-7-11-26/h8-9,16H,4-7,10-15H2,1-3H3,(H,27,29)(H,31,32). The summed E-state index contributed by atoms with van der Waals surface area (Å²) in [7, 11) is 1.56. The summed E-state index contributed by atoms with van der Waals surface area (Å²) in [4.78, 5) is 39.3. The smallest absolute Gasteiger partial charge is 0.329 e. The number of aryl methyl sites for hydroxylation is 1. The van der Waals surface area contributed by atoms with E-state index in [4.69, 9.17) is 9.47 Å². The summed E-state index contributed by atoms with van der Waals surface area (Å²) in [6, 6.07) is 5.11. The summed E-state index contributed by atoms with van der Waals surface area (Å²) in [5.41, 5.74) is -1.31. The molecule has 34 heavy (non-hydrogen) atoms. The maximum Gasteiger partial charge on any atom is 0.329 e. The molecular formula is C26H34N2O6. The number of benzene rings is 1. The third-order valence-electron chi connectivity index (χ3n) is 7.39. The molecule has 8 nitrogen and oxygen atoms in total. The number of carbonyl (C=O) groups is 2. The van der Waals surface area contributed by atoms with Crippen molar-refractivity contribution in [3.8, 4) is 11.5 Å². The van der Waals surface area contributed by atoms with Gasteiger partial charge in [0.25, 0.3) is 11.5 Å². The normalized spacial score (nSPS) is 19.6. The van der Waals surface area contributed by atoms with Crippen molar-refractivity contribution in [2.45, 2.75) is 77.3 Å². The van der Waals surface area contributed by atoms with Crippen molar-refractivity contribution in [3.05, 3.63) is 34.1 Å². The number of pyridine rings is 1. The van der Waals surface area contributed by atoms with E-state index < -0.39 is 23.0 Å². The quantitative estimate of drug-likeness (QED) is 0.651. The Bertz CT molecular complexity index is 1160. The Morgan fingerprint density at radius 2 is 1.79 bits per heavy atom. The molecule has 1 amide bonds. The molecule has 0 saturated heterocycles. The first-order chi connectivity index (χ1) is 16.2. The first-order valence-electron chi connectivity index (χ1n) is 12.1. The first kappa shape index (κ1) is 24.1. The topological polar surface area (TPSA) is 107 Å². The zero-order valence-electron chi connectivity index (χ0n) is 20.2. The second kappa shape index (κ2) is 9.31. The van der Waals surface area contributed by atoms with Crippen molar-refractivity contribution in [3.63, 3.8) is 0 Å². The number of carbonyl (C=O) groups excluding carboxylic acids is 1.